The Balaban J connectivity index is 2.05. The molecule has 1 aromatic heterocycles. The number of aromatic nitrogens is 1. The number of carbonyl (C=O) groups is 1. The first kappa shape index (κ1) is 18.0. The molecule has 24 heavy (non-hydrogen) atoms. The highest BCUT2D eigenvalue weighted by atomic mass is 16.1. The number of nitrogens with one attached hydrogen (secondary N) is 2. The lowest BCUT2D eigenvalue weighted by Crippen LogP contribution is -2.15. The van der Waals surface area contributed by atoms with Gasteiger partial charge in [-0.1, -0.05) is 51.8 Å². The monoisotopic (exact) mass is 325 g/mol. The molecular formula is C20H27N3O. The number of carbonyl (C=O) groups excluding carboxylic acids is 1. The van der Waals surface area contributed by atoms with Gasteiger partial charge in [-0.2, -0.15) is 0 Å². The number of benzene rings is 1. The number of rotatable bonds is 8. The van der Waals surface area contributed by atoms with Gasteiger partial charge in [-0.05, 0) is 36.1 Å². The van der Waals surface area contributed by atoms with Gasteiger partial charge in [0, 0.05) is 24.1 Å². The summed E-state index contributed by atoms with van der Waals surface area (Å²) in [6.45, 7) is 7.33. The van der Waals surface area contributed by atoms with E-state index in [1.54, 1.807) is 12.3 Å². The molecule has 0 unspecified atom stereocenters. The standard InChI is InChI=1S/C20H27N3O/c1-4-5-8-12-21-16-11-13-22-19(14-16)20(24)23-18-10-7-6-9-17(18)15(2)3/h6-7,9-11,13-15H,4-5,8,12H2,1-3H3,(H,21,22)(H,23,24). The van der Waals surface area contributed by atoms with Gasteiger partial charge in [-0.3, -0.25) is 9.78 Å². The molecule has 0 saturated carbocycles. The predicted molar refractivity (Wildman–Crippen MR) is 101 cm³/mol. The maximum absolute atomic E-state index is 12.5. The molecule has 0 radical (unpaired) electrons. The van der Waals surface area contributed by atoms with E-state index in [4.69, 9.17) is 0 Å². The third-order valence-corrected chi connectivity index (χ3v) is 3.93. The first-order valence-corrected chi connectivity index (χ1v) is 8.72. The smallest absolute Gasteiger partial charge is 0.274 e. The molecular weight excluding hydrogens is 298 g/mol. The molecule has 1 amide bonds. The van der Waals surface area contributed by atoms with Crippen LogP contribution in [-0.4, -0.2) is 17.4 Å². The van der Waals surface area contributed by atoms with Crippen molar-refractivity contribution in [3.8, 4) is 0 Å². The van der Waals surface area contributed by atoms with Crippen LogP contribution in [0.1, 0.15) is 62.0 Å². The summed E-state index contributed by atoms with van der Waals surface area (Å²) < 4.78 is 0. The van der Waals surface area contributed by atoms with E-state index in [0.29, 0.717) is 11.6 Å². The van der Waals surface area contributed by atoms with Crippen molar-refractivity contribution in [1.82, 2.24) is 4.98 Å². The van der Waals surface area contributed by atoms with Gasteiger partial charge in [0.2, 0.25) is 0 Å². The summed E-state index contributed by atoms with van der Waals surface area (Å²) in [4.78, 5) is 16.7. The predicted octanol–water partition coefficient (Wildman–Crippen LogP) is 5.06. The molecule has 1 aromatic carbocycles. The number of hydrogen-bond acceptors (Lipinski definition) is 3. The third-order valence-electron chi connectivity index (χ3n) is 3.93. The van der Waals surface area contributed by atoms with Crippen LogP contribution < -0.4 is 10.6 Å². The Kier molecular flexibility index (Phi) is 6.79. The normalized spacial score (nSPS) is 10.7. The number of amides is 1. The van der Waals surface area contributed by atoms with Gasteiger partial charge in [0.25, 0.3) is 5.91 Å². The minimum Gasteiger partial charge on any atom is -0.385 e. The van der Waals surface area contributed by atoms with Gasteiger partial charge >= 0.3 is 0 Å². The van der Waals surface area contributed by atoms with Gasteiger partial charge in [0.05, 0.1) is 0 Å². The van der Waals surface area contributed by atoms with Crippen molar-refractivity contribution >= 4 is 17.3 Å². The SMILES string of the molecule is CCCCCNc1ccnc(C(=O)Nc2ccccc2C(C)C)c1. The fraction of sp³-hybridized carbons (Fsp3) is 0.400. The fourth-order valence-electron chi connectivity index (χ4n) is 2.57. The van der Waals surface area contributed by atoms with Crippen LogP contribution in [0.15, 0.2) is 42.6 Å². The summed E-state index contributed by atoms with van der Waals surface area (Å²) in [6, 6.07) is 11.6. The van der Waals surface area contributed by atoms with Crippen LogP contribution in [0.5, 0.6) is 0 Å². The zero-order valence-corrected chi connectivity index (χ0v) is 14.8. The second-order valence-electron chi connectivity index (χ2n) is 6.26. The highest BCUT2D eigenvalue weighted by Gasteiger charge is 2.12. The molecule has 1 heterocycles. The Bertz CT molecular complexity index is 667. The summed E-state index contributed by atoms with van der Waals surface area (Å²) >= 11 is 0. The van der Waals surface area contributed by atoms with Crippen LogP contribution in [0.4, 0.5) is 11.4 Å². The fourth-order valence-corrected chi connectivity index (χ4v) is 2.57. The van der Waals surface area contributed by atoms with Gasteiger partial charge in [0.1, 0.15) is 5.69 Å². The number of pyridine rings is 1. The number of unbranched alkanes of at least 4 members (excludes halogenated alkanes) is 2. The first-order chi connectivity index (χ1) is 11.6. The maximum atomic E-state index is 12.5. The second-order valence-corrected chi connectivity index (χ2v) is 6.26. The Hall–Kier alpha value is -2.36. The summed E-state index contributed by atoms with van der Waals surface area (Å²) in [7, 11) is 0. The highest BCUT2D eigenvalue weighted by Crippen LogP contribution is 2.24. The molecule has 0 aliphatic heterocycles. The summed E-state index contributed by atoms with van der Waals surface area (Å²) in [5.41, 5.74) is 3.33. The van der Waals surface area contributed by atoms with Gasteiger partial charge in [0.15, 0.2) is 0 Å². The van der Waals surface area contributed by atoms with E-state index >= 15 is 0 Å². The lowest BCUT2D eigenvalue weighted by atomic mass is 10.0. The van der Waals surface area contributed by atoms with Crippen LogP contribution in [0, 0.1) is 0 Å². The quantitative estimate of drug-likeness (QED) is 0.667. The molecule has 0 spiro atoms. The Morgan fingerprint density at radius 3 is 2.71 bits per heavy atom. The molecule has 2 N–H and O–H groups in total. The Labute approximate surface area is 144 Å². The van der Waals surface area contributed by atoms with Crippen LogP contribution >= 0.6 is 0 Å². The van der Waals surface area contributed by atoms with Crippen LogP contribution in [0.3, 0.4) is 0 Å². The lowest BCUT2D eigenvalue weighted by molar-refractivity contribution is 0.102. The molecule has 0 saturated heterocycles. The number of nitrogens with zero attached hydrogens (tertiary/aromatic N) is 1. The van der Waals surface area contributed by atoms with Crippen molar-refractivity contribution in [3.63, 3.8) is 0 Å². The molecule has 0 atom stereocenters. The molecule has 4 nitrogen and oxygen atoms in total. The van der Waals surface area contributed by atoms with Gasteiger partial charge in [-0.25, -0.2) is 0 Å². The average molecular weight is 325 g/mol. The minimum atomic E-state index is -0.180. The first-order valence-electron chi connectivity index (χ1n) is 8.72. The molecule has 2 rings (SSSR count). The molecule has 0 aliphatic rings. The van der Waals surface area contributed by atoms with Crippen molar-refractivity contribution in [2.45, 2.75) is 46.0 Å². The third kappa shape index (κ3) is 5.08. The zero-order chi connectivity index (χ0) is 17.4. The van der Waals surface area contributed by atoms with Crippen LogP contribution in [-0.2, 0) is 0 Å². The highest BCUT2D eigenvalue weighted by molar-refractivity contribution is 6.03. The molecule has 128 valence electrons. The van der Waals surface area contributed by atoms with Crippen molar-refractivity contribution in [1.29, 1.82) is 0 Å². The average Bonchev–Trinajstić information content (AvgIpc) is 2.59. The summed E-state index contributed by atoms with van der Waals surface area (Å²) in [6.07, 6.45) is 5.20. The largest absolute Gasteiger partial charge is 0.385 e. The van der Waals surface area contributed by atoms with E-state index in [1.165, 1.54) is 12.8 Å². The van der Waals surface area contributed by atoms with Gasteiger partial charge < -0.3 is 10.6 Å². The molecule has 0 bridgehead atoms. The maximum Gasteiger partial charge on any atom is 0.274 e. The van der Waals surface area contributed by atoms with E-state index in [0.717, 1.165) is 29.9 Å². The number of anilines is 2. The number of para-hydroxylation sites is 1. The van der Waals surface area contributed by atoms with E-state index in [9.17, 15) is 4.79 Å². The van der Waals surface area contributed by atoms with E-state index in [2.05, 4.69) is 36.4 Å². The molecule has 0 fully saturated rings. The second kappa shape index (κ2) is 9.06. The number of hydrogen-bond donors (Lipinski definition) is 2. The van der Waals surface area contributed by atoms with Crippen molar-refractivity contribution in [2.24, 2.45) is 0 Å². The van der Waals surface area contributed by atoms with Crippen LogP contribution in [0.2, 0.25) is 0 Å². The van der Waals surface area contributed by atoms with Gasteiger partial charge in [-0.15, -0.1) is 0 Å². The topological polar surface area (TPSA) is 54.0 Å². The summed E-state index contributed by atoms with van der Waals surface area (Å²) in [5.74, 6) is 0.168. The van der Waals surface area contributed by atoms with Crippen LogP contribution in [0.25, 0.3) is 0 Å². The van der Waals surface area contributed by atoms with Crippen molar-refractivity contribution in [2.75, 3.05) is 17.2 Å². The Morgan fingerprint density at radius 2 is 1.96 bits per heavy atom. The van der Waals surface area contributed by atoms with E-state index in [1.807, 2.05) is 30.3 Å². The zero-order valence-electron chi connectivity index (χ0n) is 14.8. The Morgan fingerprint density at radius 1 is 1.17 bits per heavy atom. The minimum absolute atomic E-state index is 0.180. The summed E-state index contributed by atoms with van der Waals surface area (Å²) in [5, 5.41) is 6.33. The molecule has 2 aromatic rings. The lowest BCUT2D eigenvalue weighted by Gasteiger charge is -2.13. The molecule has 0 aliphatic carbocycles. The van der Waals surface area contributed by atoms with Crippen molar-refractivity contribution in [3.05, 3.63) is 53.9 Å². The van der Waals surface area contributed by atoms with Crippen molar-refractivity contribution < 1.29 is 4.79 Å². The van der Waals surface area contributed by atoms with E-state index < -0.39 is 0 Å². The van der Waals surface area contributed by atoms with E-state index in [-0.39, 0.29) is 5.91 Å². The molecule has 4 heteroatoms.